The summed E-state index contributed by atoms with van der Waals surface area (Å²) in [4.78, 5) is 58.7. The SMILES string of the molecule is CCCCCCCCCCCCC/C=C/[C@H](O[Si](c1ccccc1)(c1ccccc1)C(C)(C)C)[C@H](CO[C@@H]1OC(COC(=O)c2ccccc2)[C@H](OC(=O)c2ccccc2)C(CC(=O)OC)[C@H]1OC(=O)c1ccccc1)N=[N+]=[N-]. The summed E-state index contributed by atoms with van der Waals surface area (Å²) in [6, 6.07) is 44.0. The minimum atomic E-state index is -3.34. The van der Waals surface area contributed by atoms with Gasteiger partial charge in [0.15, 0.2) is 12.4 Å². The van der Waals surface area contributed by atoms with Crippen molar-refractivity contribution in [2.45, 2.75) is 153 Å². The maximum absolute atomic E-state index is 14.2. The Morgan fingerprint density at radius 3 is 1.57 bits per heavy atom. The maximum atomic E-state index is 14.2. The zero-order valence-corrected chi connectivity index (χ0v) is 47.6. The van der Waals surface area contributed by atoms with Gasteiger partial charge in [-0.2, -0.15) is 0 Å². The van der Waals surface area contributed by atoms with Crippen LogP contribution in [0.3, 0.4) is 0 Å². The molecule has 0 radical (unpaired) electrons. The van der Waals surface area contributed by atoms with Crippen LogP contribution in [-0.2, 0) is 37.6 Å². The second kappa shape index (κ2) is 32.3. The molecule has 5 aromatic carbocycles. The molecule has 0 saturated carbocycles. The Bertz CT molecular complexity index is 2650. The van der Waals surface area contributed by atoms with Gasteiger partial charge in [0.2, 0.25) is 0 Å². The smallest absolute Gasteiger partial charge is 0.338 e. The predicted octanol–water partition coefficient (Wildman–Crippen LogP) is 13.1. The number of hydrogen-bond acceptors (Lipinski definition) is 12. The van der Waals surface area contributed by atoms with E-state index in [-0.39, 0.29) is 23.3 Å². The fourth-order valence-electron chi connectivity index (χ4n) is 10.2. The highest BCUT2D eigenvalue weighted by molar-refractivity contribution is 6.99. The number of azide groups is 1. The first-order chi connectivity index (χ1) is 38.4. The molecule has 6 rings (SSSR count). The van der Waals surface area contributed by atoms with Gasteiger partial charge in [-0.05, 0) is 70.2 Å². The normalized spacial score (nSPS) is 18.2. The van der Waals surface area contributed by atoms with E-state index < -0.39 is 92.9 Å². The van der Waals surface area contributed by atoms with Crippen LogP contribution in [0.2, 0.25) is 5.04 Å². The van der Waals surface area contributed by atoms with Gasteiger partial charge in [0.1, 0.15) is 18.8 Å². The average molecular weight is 1090 g/mol. The molecule has 0 aromatic heterocycles. The number of carbonyl (C=O) groups excluding carboxylic acids is 4. The lowest BCUT2D eigenvalue weighted by Crippen LogP contribution is -2.68. The van der Waals surface area contributed by atoms with E-state index >= 15 is 0 Å². The lowest BCUT2D eigenvalue weighted by atomic mass is 9.85. The summed E-state index contributed by atoms with van der Waals surface area (Å²) >= 11 is 0. The molecule has 1 heterocycles. The van der Waals surface area contributed by atoms with E-state index in [1.54, 1.807) is 91.0 Å². The second-order valence-corrected chi connectivity index (χ2v) is 25.3. The van der Waals surface area contributed by atoms with Crippen molar-refractivity contribution in [3.63, 3.8) is 0 Å². The topological polar surface area (TPSA) is 182 Å². The summed E-state index contributed by atoms with van der Waals surface area (Å²) in [5.41, 5.74) is 11.1. The molecule has 5 aromatic rings. The van der Waals surface area contributed by atoms with Gasteiger partial charge in [0, 0.05) is 4.91 Å². The number of carbonyl (C=O) groups is 4. The third kappa shape index (κ3) is 18.1. The van der Waals surface area contributed by atoms with Gasteiger partial charge in [0.25, 0.3) is 8.32 Å². The molecule has 1 aliphatic heterocycles. The zero-order chi connectivity index (χ0) is 56.3. The molecule has 1 fully saturated rings. The molecule has 0 amide bonds. The van der Waals surface area contributed by atoms with E-state index in [0.29, 0.717) is 0 Å². The van der Waals surface area contributed by atoms with Crippen LogP contribution in [0.4, 0.5) is 0 Å². The molecule has 79 heavy (non-hydrogen) atoms. The van der Waals surface area contributed by atoms with Crippen LogP contribution < -0.4 is 10.4 Å². The van der Waals surface area contributed by atoms with Crippen molar-refractivity contribution >= 4 is 42.6 Å². The highest BCUT2D eigenvalue weighted by Crippen LogP contribution is 2.40. The molecule has 0 bridgehead atoms. The molecule has 15 heteroatoms. The highest BCUT2D eigenvalue weighted by Gasteiger charge is 2.54. The van der Waals surface area contributed by atoms with Gasteiger partial charge in [0.05, 0.1) is 54.9 Å². The predicted molar refractivity (Wildman–Crippen MR) is 308 cm³/mol. The number of nitrogens with zero attached hydrogens (tertiary/aromatic N) is 3. The molecule has 0 N–H and O–H groups in total. The van der Waals surface area contributed by atoms with Crippen molar-refractivity contribution in [1.29, 1.82) is 0 Å². The summed E-state index contributed by atoms with van der Waals surface area (Å²) in [6.45, 7) is 7.90. The number of hydrogen-bond donors (Lipinski definition) is 0. The average Bonchev–Trinajstić information content (AvgIpc) is 3.67. The quantitative estimate of drug-likeness (QED) is 0.00602. The number of esters is 4. The molecule has 420 valence electrons. The standard InChI is InChI=1S/C64H79N3O11Si/c1-6-7-8-9-10-11-12-13-14-15-16-17-33-44-55(78-79(64(2,3)4,51-40-29-21-30-41-51)52-42-31-22-32-43-52)54(66-67-65)46-74-63-59(77-62(71)50-38-27-20-28-39-50)53(45-57(68)72-5)58(76-61(70)49-36-25-19-26-37-49)56(75-63)47-73-60(69)48-34-23-18-24-35-48/h18-44,53-56,58-59,63H,6-17,45-47H2,1-5H3/b44-33+/t53?,54-,55-,56?,58+,59+,63+/m0/s1. The van der Waals surface area contributed by atoms with Crippen LogP contribution in [0.15, 0.2) is 169 Å². The van der Waals surface area contributed by atoms with Crippen molar-refractivity contribution in [2.24, 2.45) is 11.0 Å². The molecule has 0 spiro atoms. The van der Waals surface area contributed by atoms with Crippen LogP contribution in [0.1, 0.15) is 142 Å². The third-order valence-corrected chi connectivity index (χ3v) is 19.4. The number of unbranched alkanes of at least 4 members (excludes halogenated alkanes) is 11. The highest BCUT2D eigenvalue weighted by atomic mass is 28.4. The molecular weight excluding hydrogens is 1010 g/mol. The number of allylic oxidation sites excluding steroid dienone is 1. The first kappa shape index (κ1) is 61.3. The Hall–Kier alpha value is -6.87. The Balaban J connectivity index is 1.38. The van der Waals surface area contributed by atoms with E-state index in [4.69, 9.17) is 32.8 Å². The van der Waals surface area contributed by atoms with Gasteiger partial charge < -0.3 is 32.8 Å². The Kier molecular flexibility index (Phi) is 25.0. The molecule has 1 aliphatic rings. The number of benzene rings is 5. The summed E-state index contributed by atoms with van der Waals surface area (Å²) in [5, 5.41) is 5.93. The van der Waals surface area contributed by atoms with E-state index in [1.165, 1.54) is 58.5 Å². The summed E-state index contributed by atoms with van der Waals surface area (Å²) in [7, 11) is -2.12. The zero-order valence-electron chi connectivity index (χ0n) is 46.6. The third-order valence-electron chi connectivity index (χ3n) is 14.4. The second-order valence-electron chi connectivity index (χ2n) is 21.0. The Morgan fingerprint density at radius 1 is 0.646 bits per heavy atom. The van der Waals surface area contributed by atoms with Gasteiger partial charge in [-0.3, -0.25) is 4.79 Å². The summed E-state index contributed by atoms with van der Waals surface area (Å²) < 4.78 is 44.8. The molecule has 7 atom stereocenters. The van der Waals surface area contributed by atoms with Crippen molar-refractivity contribution in [3.05, 3.63) is 191 Å². The van der Waals surface area contributed by atoms with E-state index in [0.717, 1.165) is 36.1 Å². The van der Waals surface area contributed by atoms with Gasteiger partial charge >= 0.3 is 23.9 Å². The molecular formula is C64H79N3O11Si. The van der Waals surface area contributed by atoms with Crippen molar-refractivity contribution < 1.29 is 52.0 Å². The molecule has 14 nitrogen and oxygen atoms in total. The van der Waals surface area contributed by atoms with Crippen LogP contribution in [0.5, 0.6) is 0 Å². The van der Waals surface area contributed by atoms with Crippen LogP contribution in [-0.4, -0.2) is 89.3 Å². The lowest BCUT2D eigenvalue weighted by molar-refractivity contribution is -0.290. The van der Waals surface area contributed by atoms with Gasteiger partial charge in [-0.1, -0.05) is 224 Å². The van der Waals surface area contributed by atoms with Crippen molar-refractivity contribution in [3.8, 4) is 0 Å². The molecule has 2 unspecified atom stereocenters. The van der Waals surface area contributed by atoms with E-state index in [9.17, 15) is 24.7 Å². The number of ether oxygens (including phenoxy) is 6. The Morgan fingerprint density at radius 2 is 1.10 bits per heavy atom. The van der Waals surface area contributed by atoms with Crippen molar-refractivity contribution in [1.82, 2.24) is 0 Å². The van der Waals surface area contributed by atoms with E-state index in [1.807, 2.05) is 42.5 Å². The summed E-state index contributed by atoms with van der Waals surface area (Å²) in [5.74, 6) is -4.18. The lowest BCUT2D eigenvalue weighted by Gasteiger charge is -2.46. The van der Waals surface area contributed by atoms with Crippen molar-refractivity contribution in [2.75, 3.05) is 20.3 Å². The van der Waals surface area contributed by atoms with Crippen LogP contribution >= 0.6 is 0 Å². The number of rotatable bonds is 31. The first-order valence-electron chi connectivity index (χ1n) is 28.0. The van der Waals surface area contributed by atoms with Crippen LogP contribution in [0, 0.1) is 5.92 Å². The maximum Gasteiger partial charge on any atom is 0.338 e. The Labute approximate surface area is 467 Å². The minimum Gasteiger partial charge on any atom is -0.469 e. The van der Waals surface area contributed by atoms with Gasteiger partial charge in [-0.25, -0.2) is 14.4 Å². The largest absolute Gasteiger partial charge is 0.469 e. The minimum absolute atomic E-state index is 0.184. The molecule has 1 saturated heterocycles. The van der Waals surface area contributed by atoms with E-state index in [2.05, 4.69) is 68.1 Å². The first-order valence-corrected chi connectivity index (χ1v) is 29.9. The van der Waals surface area contributed by atoms with Crippen LogP contribution in [0.25, 0.3) is 10.4 Å². The fraction of sp³-hybridized carbons (Fsp3) is 0.438. The monoisotopic (exact) mass is 1090 g/mol. The van der Waals surface area contributed by atoms with Gasteiger partial charge in [-0.15, -0.1) is 0 Å². The number of methoxy groups -OCH3 is 1. The molecule has 0 aliphatic carbocycles. The summed E-state index contributed by atoms with van der Waals surface area (Å²) in [6.07, 6.45) is 11.1. The fourth-order valence-corrected chi connectivity index (χ4v) is 14.8.